The summed E-state index contributed by atoms with van der Waals surface area (Å²) >= 11 is 3.34. The number of ketones is 1. The molecule has 0 radical (unpaired) electrons. The predicted octanol–water partition coefficient (Wildman–Crippen LogP) is 3.78. The summed E-state index contributed by atoms with van der Waals surface area (Å²) in [5.74, 6) is -0.0140. The highest BCUT2D eigenvalue weighted by Gasteiger charge is 2.21. The maximum Gasteiger partial charge on any atom is 0.254 e. The van der Waals surface area contributed by atoms with E-state index in [4.69, 9.17) is 9.84 Å². The molecule has 0 bridgehead atoms. The minimum Gasteiger partial charge on any atom is -0.497 e. The Morgan fingerprint density at radius 1 is 1.12 bits per heavy atom. The van der Waals surface area contributed by atoms with Gasteiger partial charge in [0.05, 0.1) is 19.3 Å². The minimum absolute atomic E-state index is 0.141. The third kappa shape index (κ3) is 5.41. The molecule has 0 saturated carbocycles. The molecule has 5 nitrogen and oxygen atoms in total. The van der Waals surface area contributed by atoms with Crippen molar-refractivity contribution in [1.82, 2.24) is 4.90 Å². The number of carbonyl (C=O) groups excluding carboxylic acids is 2. The van der Waals surface area contributed by atoms with Gasteiger partial charge in [0, 0.05) is 29.2 Å². The van der Waals surface area contributed by atoms with Crippen LogP contribution in [0.5, 0.6) is 5.75 Å². The Morgan fingerprint density at radius 2 is 1.81 bits per heavy atom. The van der Waals surface area contributed by atoms with Crippen molar-refractivity contribution in [2.24, 2.45) is 0 Å². The van der Waals surface area contributed by atoms with E-state index in [1.165, 1.54) is 12.0 Å². The number of nitrogens with zero attached hydrogens (tertiary/aromatic N) is 1. The fourth-order valence-electron chi connectivity index (χ4n) is 2.27. The van der Waals surface area contributed by atoms with Crippen LogP contribution in [0, 0.1) is 0 Å². The zero-order valence-electron chi connectivity index (χ0n) is 15.5. The monoisotopic (exact) mass is 421 g/mol. The quantitative estimate of drug-likeness (QED) is 0.720. The van der Waals surface area contributed by atoms with Gasteiger partial charge in [-0.2, -0.15) is 0 Å². The number of halogens is 1. The lowest BCUT2D eigenvalue weighted by Crippen LogP contribution is -2.30. The van der Waals surface area contributed by atoms with E-state index in [0.29, 0.717) is 26.9 Å². The highest BCUT2D eigenvalue weighted by Crippen LogP contribution is 2.23. The molecule has 0 unspecified atom stereocenters. The van der Waals surface area contributed by atoms with E-state index in [2.05, 4.69) is 15.9 Å². The second-order valence-corrected chi connectivity index (χ2v) is 6.12. The number of hydrogen-bond donors (Lipinski definition) is 1. The Hall–Kier alpha value is -2.18. The molecule has 0 saturated heterocycles. The van der Waals surface area contributed by atoms with Gasteiger partial charge in [0.15, 0.2) is 5.78 Å². The van der Waals surface area contributed by atoms with Crippen LogP contribution in [0.3, 0.4) is 0 Å². The summed E-state index contributed by atoms with van der Waals surface area (Å²) in [6.45, 7) is 4.06. The zero-order valence-corrected chi connectivity index (χ0v) is 17.0. The van der Waals surface area contributed by atoms with Crippen LogP contribution in [0.2, 0.25) is 0 Å². The topological polar surface area (TPSA) is 66.8 Å². The van der Waals surface area contributed by atoms with E-state index in [-0.39, 0.29) is 24.8 Å². The van der Waals surface area contributed by atoms with Gasteiger partial charge in [-0.1, -0.05) is 41.9 Å². The molecule has 0 spiro atoms. The van der Waals surface area contributed by atoms with Crippen LogP contribution in [0.1, 0.15) is 40.1 Å². The molecule has 0 atom stereocenters. The number of ether oxygens (including phenoxy) is 1. The molecule has 0 fully saturated rings. The van der Waals surface area contributed by atoms with Crippen LogP contribution in [0.4, 0.5) is 0 Å². The SMILES string of the molecule is CC.COc1cccc(C(=O)c2cc(Br)ccc2C(=O)N(C)CCO)c1. The fraction of sp³-hybridized carbons (Fsp3) is 0.300. The zero-order chi connectivity index (χ0) is 19.7. The van der Waals surface area contributed by atoms with E-state index in [1.807, 2.05) is 13.8 Å². The minimum atomic E-state index is -0.317. The maximum absolute atomic E-state index is 12.9. The van der Waals surface area contributed by atoms with Crippen LogP contribution >= 0.6 is 15.9 Å². The number of benzene rings is 2. The average molecular weight is 422 g/mol. The second-order valence-electron chi connectivity index (χ2n) is 5.20. The smallest absolute Gasteiger partial charge is 0.254 e. The van der Waals surface area contributed by atoms with Crippen molar-refractivity contribution in [2.75, 3.05) is 27.3 Å². The number of aliphatic hydroxyl groups excluding tert-OH is 1. The van der Waals surface area contributed by atoms with Gasteiger partial charge in [0.25, 0.3) is 5.91 Å². The third-order valence-electron chi connectivity index (χ3n) is 3.57. The number of carbonyl (C=O) groups is 2. The molecule has 0 aliphatic heterocycles. The van der Waals surface area contributed by atoms with Crippen LogP contribution < -0.4 is 4.74 Å². The van der Waals surface area contributed by atoms with Gasteiger partial charge < -0.3 is 14.7 Å². The van der Waals surface area contributed by atoms with Crippen molar-refractivity contribution < 1.29 is 19.4 Å². The van der Waals surface area contributed by atoms with Crippen molar-refractivity contribution in [3.63, 3.8) is 0 Å². The average Bonchev–Trinajstić information content (AvgIpc) is 2.68. The van der Waals surface area contributed by atoms with Crippen molar-refractivity contribution in [3.8, 4) is 5.75 Å². The third-order valence-corrected chi connectivity index (χ3v) is 4.06. The molecular weight excluding hydrogens is 398 g/mol. The Morgan fingerprint density at radius 3 is 2.42 bits per heavy atom. The summed E-state index contributed by atoms with van der Waals surface area (Å²) in [6.07, 6.45) is 0. The van der Waals surface area contributed by atoms with Gasteiger partial charge in [0.1, 0.15) is 5.75 Å². The molecule has 2 aromatic rings. The first-order valence-corrected chi connectivity index (χ1v) is 9.12. The summed E-state index contributed by atoms with van der Waals surface area (Å²) in [5, 5.41) is 9.01. The van der Waals surface area contributed by atoms with E-state index in [0.717, 1.165) is 0 Å². The Balaban J connectivity index is 0.00000163. The van der Waals surface area contributed by atoms with Gasteiger partial charge >= 0.3 is 0 Å². The molecule has 1 N–H and O–H groups in total. The summed E-state index contributed by atoms with van der Waals surface area (Å²) in [4.78, 5) is 26.8. The largest absolute Gasteiger partial charge is 0.497 e. The molecule has 0 heterocycles. The normalized spacial score (nSPS) is 9.77. The number of likely N-dealkylation sites (N-methyl/N-ethyl adjacent to an activating group) is 1. The van der Waals surface area contributed by atoms with Crippen molar-refractivity contribution in [2.45, 2.75) is 13.8 Å². The highest BCUT2D eigenvalue weighted by molar-refractivity contribution is 9.10. The Labute approximate surface area is 162 Å². The predicted molar refractivity (Wildman–Crippen MR) is 106 cm³/mol. The lowest BCUT2D eigenvalue weighted by molar-refractivity contribution is 0.0763. The highest BCUT2D eigenvalue weighted by atomic mass is 79.9. The van der Waals surface area contributed by atoms with Crippen LogP contribution in [0.25, 0.3) is 0 Å². The summed E-state index contributed by atoms with van der Waals surface area (Å²) < 4.78 is 5.85. The maximum atomic E-state index is 12.9. The molecular formula is C20H24BrNO4. The van der Waals surface area contributed by atoms with Gasteiger partial charge in [0.2, 0.25) is 0 Å². The molecule has 140 valence electrons. The van der Waals surface area contributed by atoms with Gasteiger partial charge in [-0.3, -0.25) is 9.59 Å². The number of methoxy groups -OCH3 is 1. The molecule has 2 aromatic carbocycles. The van der Waals surface area contributed by atoms with Gasteiger partial charge in [-0.05, 0) is 30.3 Å². The number of hydrogen-bond acceptors (Lipinski definition) is 4. The van der Waals surface area contributed by atoms with Crippen molar-refractivity contribution in [1.29, 1.82) is 0 Å². The molecule has 0 aliphatic rings. The first kappa shape index (κ1) is 21.9. The number of aliphatic hydroxyl groups is 1. The molecule has 2 rings (SSSR count). The first-order chi connectivity index (χ1) is 12.5. The van der Waals surface area contributed by atoms with E-state index in [1.54, 1.807) is 49.5 Å². The first-order valence-electron chi connectivity index (χ1n) is 8.32. The Kier molecular flexibility index (Phi) is 9.02. The van der Waals surface area contributed by atoms with Gasteiger partial charge in [-0.25, -0.2) is 0 Å². The lowest BCUT2D eigenvalue weighted by Gasteiger charge is -2.18. The van der Waals surface area contributed by atoms with Crippen LogP contribution in [-0.4, -0.2) is 49.0 Å². The molecule has 26 heavy (non-hydrogen) atoms. The van der Waals surface area contributed by atoms with Crippen molar-refractivity contribution in [3.05, 3.63) is 63.6 Å². The molecule has 0 aromatic heterocycles. The summed E-state index contributed by atoms with van der Waals surface area (Å²) in [6, 6.07) is 11.7. The molecule has 6 heteroatoms. The molecule has 0 aliphatic carbocycles. The fourth-order valence-corrected chi connectivity index (χ4v) is 2.63. The second kappa shape index (κ2) is 10.7. The summed E-state index contributed by atoms with van der Waals surface area (Å²) in [7, 11) is 3.11. The van der Waals surface area contributed by atoms with Crippen molar-refractivity contribution >= 4 is 27.6 Å². The summed E-state index contributed by atoms with van der Waals surface area (Å²) in [5.41, 5.74) is 1.03. The lowest BCUT2D eigenvalue weighted by atomic mass is 9.97. The molecule has 1 amide bonds. The van der Waals surface area contributed by atoms with E-state index in [9.17, 15) is 9.59 Å². The van der Waals surface area contributed by atoms with E-state index >= 15 is 0 Å². The van der Waals surface area contributed by atoms with Crippen LogP contribution in [-0.2, 0) is 0 Å². The van der Waals surface area contributed by atoms with Crippen LogP contribution in [0.15, 0.2) is 46.9 Å². The standard InChI is InChI=1S/C18H18BrNO4.C2H6/c1-20(8-9-21)18(23)15-7-6-13(19)11-16(15)17(22)12-4-3-5-14(10-12)24-2;1-2/h3-7,10-11,21H,8-9H2,1-2H3;1-2H3. The van der Waals surface area contributed by atoms with E-state index < -0.39 is 0 Å². The number of rotatable bonds is 6. The Bertz CT molecular complexity index is 761. The number of amides is 1. The van der Waals surface area contributed by atoms with Gasteiger partial charge in [-0.15, -0.1) is 0 Å².